The van der Waals surface area contributed by atoms with E-state index in [4.69, 9.17) is 0 Å². The van der Waals surface area contributed by atoms with Crippen molar-refractivity contribution in [3.8, 4) is 0 Å². The molecule has 0 bridgehead atoms. The number of hydrogen-bond acceptors (Lipinski definition) is 5. The van der Waals surface area contributed by atoms with Crippen LogP contribution in [0, 0.1) is 0 Å². The Morgan fingerprint density at radius 1 is 0.971 bits per heavy atom. The van der Waals surface area contributed by atoms with Crippen LogP contribution in [0.25, 0.3) is 10.2 Å². The number of thiazole rings is 1. The molecule has 1 heterocycles. The van der Waals surface area contributed by atoms with E-state index in [0.29, 0.717) is 28.1 Å². The summed E-state index contributed by atoms with van der Waals surface area (Å²) in [4.78, 5) is 25.2. The molecular formula is C27H28N2O4S2. The molecule has 0 atom stereocenters. The Bertz CT molecular complexity index is 1560. The molecule has 1 N–H and O–H groups in total. The van der Waals surface area contributed by atoms with E-state index in [1.54, 1.807) is 41.0 Å². The summed E-state index contributed by atoms with van der Waals surface area (Å²) in [6.45, 7) is 8.90. The van der Waals surface area contributed by atoms with E-state index >= 15 is 0 Å². The van der Waals surface area contributed by atoms with Crippen molar-refractivity contribution in [2.75, 3.05) is 4.72 Å². The van der Waals surface area contributed by atoms with E-state index in [1.807, 2.05) is 19.1 Å². The summed E-state index contributed by atoms with van der Waals surface area (Å²) < 4.78 is 31.0. The number of nitrogens with one attached hydrogen (secondary N) is 1. The molecule has 0 spiro atoms. The number of aromatic nitrogens is 1. The average molecular weight is 509 g/mol. The second kappa shape index (κ2) is 9.43. The van der Waals surface area contributed by atoms with Gasteiger partial charge in [0.2, 0.25) is 0 Å². The predicted molar refractivity (Wildman–Crippen MR) is 142 cm³/mol. The van der Waals surface area contributed by atoms with Gasteiger partial charge in [0.1, 0.15) is 0 Å². The van der Waals surface area contributed by atoms with Gasteiger partial charge in [-0.15, -0.1) is 0 Å². The molecule has 0 amide bonds. The van der Waals surface area contributed by atoms with Gasteiger partial charge in [-0.3, -0.25) is 18.9 Å². The number of fused-ring (bicyclic) bond motifs is 1. The smallest absolute Gasteiger partial charge is 0.299 e. The molecule has 3 aromatic carbocycles. The van der Waals surface area contributed by atoms with Crippen molar-refractivity contribution < 1.29 is 13.2 Å². The van der Waals surface area contributed by atoms with Crippen molar-refractivity contribution in [3.63, 3.8) is 0 Å². The first-order valence-corrected chi connectivity index (χ1v) is 13.7. The molecule has 0 saturated carbocycles. The van der Waals surface area contributed by atoms with Gasteiger partial charge in [-0.2, -0.15) is 0 Å². The van der Waals surface area contributed by atoms with Gasteiger partial charge in [-0.1, -0.05) is 75.4 Å². The van der Waals surface area contributed by atoms with Gasteiger partial charge in [0.05, 0.1) is 15.1 Å². The molecule has 182 valence electrons. The number of aryl methyl sites for hydroxylation is 1. The van der Waals surface area contributed by atoms with Crippen molar-refractivity contribution in [1.29, 1.82) is 0 Å². The maximum absolute atomic E-state index is 13.1. The molecule has 4 aromatic rings. The first-order valence-electron chi connectivity index (χ1n) is 11.4. The second-order valence-corrected chi connectivity index (χ2v) is 12.2. The quantitative estimate of drug-likeness (QED) is 0.320. The number of sulfonamides is 1. The zero-order valence-electron chi connectivity index (χ0n) is 20.2. The van der Waals surface area contributed by atoms with Crippen LogP contribution in [0.5, 0.6) is 0 Å². The molecule has 35 heavy (non-hydrogen) atoms. The van der Waals surface area contributed by atoms with Gasteiger partial charge in [0, 0.05) is 23.4 Å². The van der Waals surface area contributed by atoms with E-state index in [0.717, 1.165) is 28.8 Å². The fraction of sp³-hybridized carbons (Fsp3) is 0.259. The van der Waals surface area contributed by atoms with Crippen LogP contribution in [0.1, 0.15) is 55.6 Å². The Balaban J connectivity index is 1.59. The molecule has 0 unspecified atom stereocenters. The Labute approximate surface area is 209 Å². The minimum atomic E-state index is -3.92. The zero-order chi connectivity index (χ0) is 25.4. The highest BCUT2D eigenvalue weighted by molar-refractivity contribution is 7.92. The van der Waals surface area contributed by atoms with E-state index in [2.05, 4.69) is 25.5 Å². The van der Waals surface area contributed by atoms with Gasteiger partial charge in [-0.05, 0) is 47.7 Å². The van der Waals surface area contributed by atoms with E-state index < -0.39 is 10.0 Å². The molecule has 0 aliphatic heterocycles. The number of hydrogen-bond donors (Lipinski definition) is 1. The zero-order valence-corrected chi connectivity index (χ0v) is 21.8. The maximum atomic E-state index is 13.1. The largest absolute Gasteiger partial charge is 0.308 e. The Hall–Kier alpha value is -3.23. The lowest BCUT2D eigenvalue weighted by molar-refractivity contribution is 0.103. The Morgan fingerprint density at radius 3 is 2.34 bits per heavy atom. The summed E-state index contributed by atoms with van der Waals surface area (Å²) in [6.07, 6.45) is 0.809. The fourth-order valence-electron chi connectivity index (χ4n) is 3.88. The molecule has 6 nitrogen and oxygen atoms in total. The molecule has 4 rings (SSSR count). The Morgan fingerprint density at radius 2 is 1.69 bits per heavy atom. The number of rotatable bonds is 7. The maximum Gasteiger partial charge on any atom is 0.308 e. The van der Waals surface area contributed by atoms with Crippen molar-refractivity contribution in [3.05, 3.63) is 93.1 Å². The molecule has 0 saturated heterocycles. The van der Waals surface area contributed by atoms with Crippen molar-refractivity contribution in [1.82, 2.24) is 4.57 Å². The van der Waals surface area contributed by atoms with Gasteiger partial charge < -0.3 is 0 Å². The van der Waals surface area contributed by atoms with Crippen molar-refractivity contribution in [2.45, 2.75) is 51.0 Å². The third-order valence-corrected chi connectivity index (χ3v) is 8.11. The highest BCUT2D eigenvalue weighted by Gasteiger charge is 2.19. The SMILES string of the molecule is CCCn1c(=O)sc2cc(S(=O)(=O)Nc3cccc(C(=O)c4ccc(C(C)(C)C)cc4)c3)ccc21. The monoisotopic (exact) mass is 508 g/mol. The lowest BCUT2D eigenvalue weighted by Crippen LogP contribution is -2.14. The highest BCUT2D eigenvalue weighted by Crippen LogP contribution is 2.26. The molecule has 0 fully saturated rings. The lowest BCUT2D eigenvalue weighted by atomic mass is 9.86. The summed E-state index contributed by atoms with van der Waals surface area (Å²) in [5.41, 5.74) is 3.05. The van der Waals surface area contributed by atoms with Crippen LogP contribution < -0.4 is 9.60 Å². The number of benzene rings is 3. The van der Waals surface area contributed by atoms with Crippen LogP contribution >= 0.6 is 11.3 Å². The third kappa shape index (κ3) is 5.23. The van der Waals surface area contributed by atoms with Gasteiger partial charge in [0.15, 0.2) is 5.78 Å². The topological polar surface area (TPSA) is 85.2 Å². The second-order valence-electron chi connectivity index (χ2n) is 9.49. The lowest BCUT2D eigenvalue weighted by Gasteiger charge is -2.19. The molecular weight excluding hydrogens is 480 g/mol. The van der Waals surface area contributed by atoms with Crippen LogP contribution in [-0.2, 0) is 22.0 Å². The molecule has 0 radical (unpaired) electrons. The van der Waals surface area contributed by atoms with Gasteiger partial charge in [-0.25, -0.2) is 8.42 Å². The summed E-state index contributed by atoms with van der Waals surface area (Å²) in [7, 11) is -3.92. The van der Waals surface area contributed by atoms with Gasteiger partial charge in [0.25, 0.3) is 10.0 Å². The predicted octanol–water partition coefficient (Wildman–Crippen LogP) is 5.80. The summed E-state index contributed by atoms with van der Waals surface area (Å²) in [5.74, 6) is -0.185. The first-order chi connectivity index (χ1) is 16.5. The van der Waals surface area contributed by atoms with Crippen LogP contribution in [0.2, 0.25) is 0 Å². The van der Waals surface area contributed by atoms with E-state index in [9.17, 15) is 18.0 Å². The molecule has 8 heteroatoms. The summed E-state index contributed by atoms with van der Waals surface area (Å²) >= 11 is 1.03. The molecule has 0 aliphatic rings. The van der Waals surface area contributed by atoms with Crippen LogP contribution in [-0.4, -0.2) is 18.8 Å². The van der Waals surface area contributed by atoms with Crippen molar-refractivity contribution in [2.24, 2.45) is 0 Å². The van der Waals surface area contributed by atoms with Crippen LogP contribution in [0.3, 0.4) is 0 Å². The van der Waals surface area contributed by atoms with Crippen LogP contribution in [0.15, 0.2) is 76.4 Å². The minimum Gasteiger partial charge on any atom is -0.299 e. The normalized spacial score (nSPS) is 12.1. The van der Waals surface area contributed by atoms with Crippen LogP contribution in [0.4, 0.5) is 5.69 Å². The standard InChI is InChI=1S/C27H28N2O4S2/c1-5-15-29-23-14-13-22(17-24(23)34-26(29)31)35(32,33)28-21-8-6-7-19(16-21)25(30)18-9-11-20(12-10-18)27(2,3)4/h6-14,16-17,28H,5,15H2,1-4H3. The number of nitrogens with zero attached hydrogens (tertiary/aromatic N) is 1. The number of carbonyl (C=O) groups excluding carboxylic acids is 1. The first kappa shape index (κ1) is 24.9. The number of carbonyl (C=O) groups is 1. The third-order valence-electron chi connectivity index (χ3n) is 5.79. The van der Waals surface area contributed by atoms with Gasteiger partial charge >= 0.3 is 4.87 Å². The minimum absolute atomic E-state index is 0.0165. The van der Waals surface area contributed by atoms with E-state index in [-0.39, 0.29) is 21.0 Å². The Kier molecular flexibility index (Phi) is 6.71. The summed E-state index contributed by atoms with van der Waals surface area (Å²) in [6, 6.07) is 18.6. The highest BCUT2D eigenvalue weighted by atomic mass is 32.2. The number of ketones is 1. The number of anilines is 1. The fourth-order valence-corrected chi connectivity index (χ4v) is 5.98. The van der Waals surface area contributed by atoms with Crippen molar-refractivity contribution >= 4 is 43.0 Å². The molecule has 0 aliphatic carbocycles. The summed E-state index contributed by atoms with van der Waals surface area (Å²) in [5, 5.41) is 0. The average Bonchev–Trinajstić information content (AvgIpc) is 3.12. The van der Waals surface area contributed by atoms with E-state index in [1.165, 1.54) is 18.2 Å². The molecule has 1 aromatic heterocycles.